The zero-order valence-corrected chi connectivity index (χ0v) is 19.6. The van der Waals surface area contributed by atoms with Gasteiger partial charge in [0.15, 0.2) is 6.29 Å². The van der Waals surface area contributed by atoms with Crippen molar-refractivity contribution < 1.29 is 59.5 Å². The predicted molar refractivity (Wildman–Crippen MR) is 115 cm³/mol. The smallest absolute Gasteiger partial charge is 0.305 e. The summed E-state index contributed by atoms with van der Waals surface area (Å²) in [6, 6.07) is 0. The van der Waals surface area contributed by atoms with Crippen LogP contribution in [-0.4, -0.2) is 116 Å². The number of rotatable bonds is 14. The summed E-state index contributed by atoms with van der Waals surface area (Å²) in [7, 11) is 0. The second-order valence-electron chi connectivity index (χ2n) is 8.93. The molecule has 2 fully saturated rings. The van der Waals surface area contributed by atoms with Crippen molar-refractivity contribution >= 4 is 5.97 Å². The second kappa shape index (κ2) is 14.0. The Morgan fingerprint density at radius 3 is 2.09 bits per heavy atom. The van der Waals surface area contributed by atoms with E-state index in [1.807, 2.05) is 0 Å². The third kappa shape index (κ3) is 7.29. The lowest BCUT2D eigenvalue weighted by Crippen LogP contribution is -2.62. The highest BCUT2D eigenvalue weighted by molar-refractivity contribution is 5.69. The Balaban J connectivity index is 1.88. The molecular formula is C22H40O12. The fourth-order valence-electron chi connectivity index (χ4n) is 4.09. The van der Waals surface area contributed by atoms with E-state index in [0.717, 1.165) is 19.3 Å². The SMILES string of the molecule is CCCCCCCCCC(=O)OCC1OC(O[C@]2(CO)O[C@H](CO)[C@H](O)C2O)C(O)C(O)C1O. The third-order valence-electron chi connectivity index (χ3n) is 6.28. The van der Waals surface area contributed by atoms with Gasteiger partial charge in [0.25, 0.3) is 0 Å². The Labute approximate surface area is 199 Å². The van der Waals surface area contributed by atoms with Crippen LogP contribution >= 0.6 is 0 Å². The van der Waals surface area contributed by atoms with Gasteiger partial charge in [0, 0.05) is 6.42 Å². The molecule has 0 bridgehead atoms. The standard InChI is InChI=1S/C22H40O12/c1-2-3-4-5-6-7-8-9-15(25)31-11-14-16(26)18(28)19(29)21(32-14)34-22(12-24)20(30)17(27)13(10-23)33-22/h13-14,16-21,23-24,26-30H,2-12H2,1H3/t13-,14?,16?,17+,18?,19?,20?,21?,22+/m1/s1. The van der Waals surface area contributed by atoms with Crippen LogP contribution in [0.4, 0.5) is 0 Å². The number of carbonyl (C=O) groups excluding carboxylic acids is 1. The molecule has 0 aromatic carbocycles. The summed E-state index contributed by atoms with van der Waals surface area (Å²) in [6.45, 7) is 0.0448. The van der Waals surface area contributed by atoms with Gasteiger partial charge in [0.05, 0.1) is 6.61 Å². The van der Waals surface area contributed by atoms with Crippen LogP contribution in [0.2, 0.25) is 0 Å². The number of carbonyl (C=O) groups is 1. The van der Waals surface area contributed by atoms with E-state index < -0.39 is 80.6 Å². The van der Waals surface area contributed by atoms with E-state index in [1.54, 1.807) is 0 Å². The maximum Gasteiger partial charge on any atom is 0.305 e. The molecule has 2 saturated heterocycles. The first-order chi connectivity index (χ1) is 16.2. The van der Waals surface area contributed by atoms with Crippen molar-refractivity contribution in [1.82, 2.24) is 0 Å². The molecular weight excluding hydrogens is 456 g/mol. The maximum atomic E-state index is 12.0. The van der Waals surface area contributed by atoms with Crippen molar-refractivity contribution in [2.75, 3.05) is 19.8 Å². The zero-order chi connectivity index (χ0) is 25.3. The van der Waals surface area contributed by atoms with Crippen molar-refractivity contribution in [1.29, 1.82) is 0 Å². The van der Waals surface area contributed by atoms with Gasteiger partial charge in [-0.1, -0.05) is 45.4 Å². The number of unbranched alkanes of at least 4 members (excludes halogenated alkanes) is 6. The lowest BCUT2D eigenvalue weighted by molar-refractivity contribution is -0.383. The lowest BCUT2D eigenvalue weighted by Gasteiger charge is -2.43. The number of aliphatic hydroxyl groups is 7. The van der Waals surface area contributed by atoms with Crippen LogP contribution in [0.25, 0.3) is 0 Å². The van der Waals surface area contributed by atoms with Crippen molar-refractivity contribution in [3.8, 4) is 0 Å². The minimum absolute atomic E-state index is 0.190. The molecule has 9 atom stereocenters. The normalized spacial score (nSPS) is 38.2. The van der Waals surface area contributed by atoms with Gasteiger partial charge in [-0.25, -0.2) is 0 Å². The van der Waals surface area contributed by atoms with Crippen molar-refractivity contribution in [2.24, 2.45) is 0 Å². The largest absolute Gasteiger partial charge is 0.463 e. The Bertz CT molecular complexity index is 606. The summed E-state index contributed by atoms with van der Waals surface area (Å²) >= 11 is 0. The molecule has 0 amide bonds. The van der Waals surface area contributed by atoms with Crippen molar-refractivity contribution in [2.45, 2.75) is 113 Å². The minimum Gasteiger partial charge on any atom is -0.463 e. The lowest BCUT2D eigenvalue weighted by atomic mass is 9.99. The Morgan fingerprint density at radius 2 is 1.50 bits per heavy atom. The van der Waals surface area contributed by atoms with Crippen molar-refractivity contribution in [3.63, 3.8) is 0 Å². The quantitative estimate of drug-likeness (QED) is 0.106. The average molecular weight is 497 g/mol. The van der Waals surface area contributed by atoms with Crippen LogP contribution in [0.1, 0.15) is 58.3 Å². The molecule has 12 nitrogen and oxygen atoms in total. The zero-order valence-electron chi connectivity index (χ0n) is 19.6. The molecule has 2 aliphatic heterocycles. The molecule has 0 aliphatic carbocycles. The van der Waals surface area contributed by atoms with E-state index in [1.165, 1.54) is 19.3 Å². The van der Waals surface area contributed by atoms with Gasteiger partial charge in [0.2, 0.25) is 5.79 Å². The fourth-order valence-corrected chi connectivity index (χ4v) is 4.09. The number of esters is 1. The minimum atomic E-state index is -2.27. The summed E-state index contributed by atoms with van der Waals surface area (Å²) < 4.78 is 21.3. The van der Waals surface area contributed by atoms with E-state index >= 15 is 0 Å². The van der Waals surface area contributed by atoms with Gasteiger partial charge >= 0.3 is 5.97 Å². The summed E-state index contributed by atoms with van der Waals surface area (Å²) in [6.07, 6.45) is -5.45. The first-order valence-corrected chi connectivity index (χ1v) is 12.0. The first-order valence-electron chi connectivity index (χ1n) is 12.0. The van der Waals surface area contributed by atoms with E-state index in [4.69, 9.17) is 18.9 Å². The maximum absolute atomic E-state index is 12.0. The average Bonchev–Trinajstić information content (AvgIpc) is 3.08. The van der Waals surface area contributed by atoms with Gasteiger partial charge in [-0.3, -0.25) is 4.79 Å². The second-order valence-corrected chi connectivity index (χ2v) is 8.93. The molecule has 0 aromatic heterocycles. The summed E-state index contributed by atoms with van der Waals surface area (Å²) in [5, 5.41) is 69.9. The van der Waals surface area contributed by atoms with Gasteiger partial charge in [-0.15, -0.1) is 0 Å². The highest BCUT2D eigenvalue weighted by atomic mass is 16.8. The Hall–Kier alpha value is -0.930. The van der Waals surface area contributed by atoms with Gasteiger partial charge in [-0.05, 0) is 6.42 Å². The third-order valence-corrected chi connectivity index (χ3v) is 6.28. The predicted octanol–water partition coefficient (Wildman–Crippen LogP) is -1.70. The summed E-state index contributed by atoms with van der Waals surface area (Å²) in [5.41, 5.74) is 0. The number of ether oxygens (including phenoxy) is 4. The van der Waals surface area contributed by atoms with Crippen LogP contribution in [-0.2, 0) is 23.7 Å². The molecule has 34 heavy (non-hydrogen) atoms. The van der Waals surface area contributed by atoms with E-state index in [2.05, 4.69) is 6.92 Å². The monoisotopic (exact) mass is 496 g/mol. The molecule has 2 heterocycles. The topological polar surface area (TPSA) is 196 Å². The van der Waals surface area contributed by atoms with Gasteiger partial charge in [0.1, 0.15) is 55.9 Å². The Morgan fingerprint density at radius 1 is 0.853 bits per heavy atom. The van der Waals surface area contributed by atoms with E-state index in [9.17, 15) is 40.5 Å². The number of aliphatic hydroxyl groups excluding tert-OH is 7. The van der Waals surface area contributed by atoms with E-state index in [0.29, 0.717) is 6.42 Å². The molecule has 0 saturated carbocycles. The van der Waals surface area contributed by atoms with Gasteiger partial charge in [-0.2, -0.15) is 0 Å². The van der Waals surface area contributed by atoms with Crippen LogP contribution < -0.4 is 0 Å². The molecule has 200 valence electrons. The molecule has 0 spiro atoms. The molecule has 0 aromatic rings. The van der Waals surface area contributed by atoms with Gasteiger partial charge < -0.3 is 54.7 Å². The summed E-state index contributed by atoms with van der Waals surface area (Å²) in [5.74, 6) is -2.77. The highest BCUT2D eigenvalue weighted by Crippen LogP contribution is 2.36. The fraction of sp³-hybridized carbons (Fsp3) is 0.955. The molecule has 2 rings (SSSR count). The first kappa shape index (κ1) is 29.3. The molecule has 2 aliphatic rings. The highest BCUT2D eigenvalue weighted by Gasteiger charge is 2.58. The molecule has 12 heteroatoms. The van der Waals surface area contributed by atoms with E-state index in [-0.39, 0.29) is 6.42 Å². The Kier molecular flexibility index (Phi) is 12.0. The van der Waals surface area contributed by atoms with Crippen LogP contribution in [0.15, 0.2) is 0 Å². The van der Waals surface area contributed by atoms with Crippen LogP contribution in [0.5, 0.6) is 0 Å². The molecule has 6 unspecified atom stereocenters. The molecule has 7 N–H and O–H groups in total. The van der Waals surface area contributed by atoms with Crippen LogP contribution in [0.3, 0.4) is 0 Å². The summed E-state index contributed by atoms with van der Waals surface area (Å²) in [4.78, 5) is 12.0. The number of hydrogen-bond acceptors (Lipinski definition) is 12. The van der Waals surface area contributed by atoms with Crippen molar-refractivity contribution in [3.05, 3.63) is 0 Å². The number of hydrogen-bond donors (Lipinski definition) is 7. The molecule has 0 radical (unpaired) electrons. The van der Waals surface area contributed by atoms with Crippen LogP contribution in [0, 0.1) is 0 Å².